The molecule has 1 atom stereocenters. The first-order chi connectivity index (χ1) is 9.73. The Morgan fingerprint density at radius 3 is 2.57 bits per heavy atom. The van der Waals surface area contributed by atoms with Crippen molar-refractivity contribution in [2.45, 2.75) is 40.5 Å². The first-order valence-electron chi connectivity index (χ1n) is 7.33. The summed E-state index contributed by atoms with van der Waals surface area (Å²) in [7, 11) is 0. The fourth-order valence-electron chi connectivity index (χ4n) is 2.94. The van der Waals surface area contributed by atoms with Crippen molar-refractivity contribution in [3.8, 4) is 0 Å². The van der Waals surface area contributed by atoms with Crippen LogP contribution in [0.15, 0.2) is 6.07 Å². The predicted molar refractivity (Wildman–Crippen MR) is 83.8 cm³/mol. The predicted octanol–water partition coefficient (Wildman–Crippen LogP) is 3.33. The molecule has 0 bridgehead atoms. The molecule has 4 nitrogen and oxygen atoms in total. The first-order valence-corrected chi connectivity index (χ1v) is 8.15. The van der Waals surface area contributed by atoms with E-state index in [1.807, 2.05) is 24.8 Å². The van der Waals surface area contributed by atoms with E-state index in [4.69, 9.17) is 0 Å². The molecule has 21 heavy (non-hydrogen) atoms. The van der Waals surface area contributed by atoms with Crippen molar-refractivity contribution in [3.05, 3.63) is 21.4 Å². The summed E-state index contributed by atoms with van der Waals surface area (Å²) in [5, 5.41) is 9.38. The molecule has 0 saturated carbocycles. The van der Waals surface area contributed by atoms with Gasteiger partial charge in [-0.15, -0.1) is 11.3 Å². The molecule has 1 saturated heterocycles. The number of carboxylic acid groups (broad SMARTS) is 1. The Hall–Kier alpha value is -1.36. The Kier molecular flexibility index (Phi) is 4.42. The van der Waals surface area contributed by atoms with E-state index in [2.05, 4.69) is 0 Å². The summed E-state index contributed by atoms with van der Waals surface area (Å²) in [4.78, 5) is 28.1. The normalized spacial score (nSPS) is 19.6. The van der Waals surface area contributed by atoms with Crippen LogP contribution < -0.4 is 0 Å². The Balaban J connectivity index is 2.16. The van der Waals surface area contributed by atoms with Gasteiger partial charge in [-0.1, -0.05) is 0 Å². The van der Waals surface area contributed by atoms with Gasteiger partial charge in [0.1, 0.15) is 0 Å². The molecule has 0 radical (unpaired) electrons. The Bertz CT molecular complexity index is 562. The topological polar surface area (TPSA) is 57.6 Å². The number of amides is 1. The van der Waals surface area contributed by atoms with Gasteiger partial charge in [0.15, 0.2) is 0 Å². The van der Waals surface area contributed by atoms with Crippen LogP contribution in [0.25, 0.3) is 0 Å². The van der Waals surface area contributed by atoms with E-state index < -0.39 is 11.4 Å². The number of hydrogen-bond donors (Lipinski definition) is 1. The van der Waals surface area contributed by atoms with E-state index >= 15 is 0 Å². The third kappa shape index (κ3) is 3.12. The van der Waals surface area contributed by atoms with E-state index in [9.17, 15) is 14.7 Å². The second-order valence-electron chi connectivity index (χ2n) is 6.44. The average molecular weight is 309 g/mol. The molecule has 1 aliphatic heterocycles. The zero-order valence-electron chi connectivity index (χ0n) is 13.1. The molecule has 1 fully saturated rings. The molecule has 1 unspecified atom stereocenters. The van der Waals surface area contributed by atoms with Crippen LogP contribution >= 0.6 is 11.3 Å². The maximum Gasteiger partial charge on any atom is 0.309 e. The molecule has 0 aromatic carbocycles. The lowest BCUT2D eigenvalue weighted by Gasteiger charge is -2.39. The zero-order valence-corrected chi connectivity index (χ0v) is 13.9. The number of carbonyl (C=O) groups excluding carboxylic acids is 1. The molecular weight excluding hydrogens is 286 g/mol. The van der Waals surface area contributed by atoms with Crippen molar-refractivity contribution in [2.75, 3.05) is 13.1 Å². The molecule has 5 heteroatoms. The molecule has 1 aromatic rings. The maximum absolute atomic E-state index is 12.7. The van der Waals surface area contributed by atoms with Crippen LogP contribution in [0, 0.1) is 25.2 Å². The van der Waals surface area contributed by atoms with E-state index in [0.717, 1.165) is 34.7 Å². The van der Waals surface area contributed by atoms with Crippen molar-refractivity contribution in [3.63, 3.8) is 0 Å². The van der Waals surface area contributed by atoms with E-state index in [1.54, 1.807) is 25.2 Å². The Labute approximate surface area is 129 Å². The minimum absolute atomic E-state index is 0.00717. The van der Waals surface area contributed by atoms with Crippen LogP contribution in [0.3, 0.4) is 0 Å². The second-order valence-corrected chi connectivity index (χ2v) is 7.90. The molecule has 2 rings (SSSR count). The number of carboxylic acids is 1. The number of thiophene rings is 1. The standard InChI is InChI=1S/C16H23NO3S/c1-10-8-13(11(2)21-10)14(18)17-7-5-6-12(9-17)16(3,4)15(19)20/h8,12H,5-7,9H2,1-4H3,(H,19,20). The number of aliphatic carboxylic acids is 1. The van der Waals surface area contributed by atoms with Crippen LogP contribution in [0.5, 0.6) is 0 Å². The molecule has 1 aromatic heterocycles. The van der Waals surface area contributed by atoms with Gasteiger partial charge in [-0.2, -0.15) is 0 Å². The molecule has 116 valence electrons. The van der Waals surface area contributed by atoms with E-state index in [0.29, 0.717) is 6.54 Å². The fourth-order valence-corrected chi connectivity index (χ4v) is 3.85. The molecule has 1 amide bonds. The quantitative estimate of drug-likeness (QED) is 0.931. The SMILES string of the molecule is Cc1cc(C(=O)N2CCCC(C(C)(C)C(=O)O)C2)c(C)s1. The highest BCUT2D eigenvalue weighted by Gasteiger charge is 2.40. The third-order valence-corrected chi connectivity index (χ3v) is 5.52. The lowest BCUT2D eigenvalue weighted by molar-refractivity contribution is -0.151. The summed E-state index contributed by atoms with van der Waals surface area (Å²) in [5.74, 6) is -0.736. The third-order valence-electron chi connectivity index (χ3n) is 4.55. The van der Waals surface area contributed by atoms with Gasteiger partial charge in [-0.05, 0) is 52.5 Å². The van der Waals surface area contributed by atoms with Crippen LogP contribution in [0.4, 0.5) is 0 Å². The molecule has 2 heterocycles. The number of carbonyl (C=O) groups is 2. The summed E-state index contributed by atoms with van der Waals surface area (Å²) in [6.07, 6.45) is 1.74. The van der Waals surface area contributed by atoms with Crippen molar-refractivity contribution >= 4 is 23.2 Å². The minimum Gasteiger partial charge on any atom is -0.481 e. The molecular formula is C16H23NO3S. The molecule has 1 aliphatic rings. The Morgan fingerprint density at radius 1 is 1.38 bits per heavy atom. The average Bonchev–Trinajstić information content (AvgIpc) is 2.76. The molecule has 0 spiro atoms. The van der Waals surface area contributed by atoms with E-state index in [1.165, 1.54) is 0 Å². The van der Waals surface area contributed by atoms with Crippen LogP contribution in [-0.2, 0) is 4.79 Å². The first kappa shape index (κ1) is 16.0. The molecule has 0 aliphatic carbocycles. The van der Waals surface area contributed by atoms with Gasteiger partial charge in [-0.3, -0.25) is 9.59 Å². The van der Waals surface area contributed by atoms with Crippen molar-refractivity contribution in [1.82, 2.24) is 4.90 Å². The summed E-state index contributed by atoms with van der Waals surface area (Å²) < 4.78 is 0. The highest BCUT2D eigenvalue weighted by molar-refractivity contribution is 7.12. The number of rotatable bonds is 3. The van der Waals surface area contributed by atoms with Crippen LogP contribution in [0.1, 0.15) is 46.8 Å². The van der Waals surface area contributed by atoms with Gasteiger partial charge < -0.3 is 10.0 Å². The van der Waals surface area contributed by atoms with Gasteiger partial charge in [-0.25, -0.2) is 0 Å². The summed E-state index contributed by atoms with van der Waals surface area (Å²) in [6.45, 7) is 8.74. The number of nitrogens with zero attached hydrogens (tertiary/aromatic N) is 1. The van der Waals surface area contributed by atoms with Gasteiger partial charge in [0, 0.05) is 22.8 Å². The van der Waals surface area contributed by atoms with Gasteiger partial charge in [0.05, 0.1) is 11.0 Å². The number of likely N-dealkylation sites (tertiary alicyclic amines) is 1. The van der Waals surface area contributed by atoms with Crippen LogP contribution in [-0.4, -0.2) is 35.0 Å². The van der Waals surface area contributed by atoms with Gasteiger partial charge >= 0.3 is 5.97 Å². The highest BCUT2D eigenvalue weighted by atomic mass is 32.1. The van der Waals surface area contributed by atoms with Crippen LogP contribution in [0.2, 0.25) is 0 Å². The van der Waals surface area contributed by atoms with Crippen molar-refractivity contribution < 1.29 is 14.7 Å². The monoisotopic (exact) mass is 309 g/mol. The largest absolute Gasteiger partial charge is 0.481 e. The Morgan fingerprint density at radius 2 is 2.05 bits per heavy atom. The fraction of sp³-hybridized carbons (Fsp3) is 0.625. The summed E-state index contributed by atoms with van der Waals surface area (Å²) in [6, 6.07) is 1.94. The summed E-state index contributed by atoms with van der Waals surface area (Å²) in [5.41, 5.74) is -0.0234. The van der Waals surface area contributed by atoms with E-state index in [-0.39, 0.29) is 11.8 Å². The smallest absolute Gasteiger partial charge is 0.309 e. The van der Waals surface area contributed by atoms with Gasteiger partial charge in [0.25, 0.3) is 5.91 Å². The number of piperidine rings is 1. The lowest BCUT2D eigenvalue weighted by atomic mass is 9.74. The molecule has 1 N–H and O–H groups in total. The number of hydrogen-bond acceptors (Lipinski definition) is 3. The van der Waals surface area contributed by atoms with Crippen molar-refractivity contribution in [2.24, 2.45) is 11.3 Å². The number of aryl methyl sites for hydroxylation is 2. The lowest BCUT2D eigenvalue weighted by Crippen LogP contribution is -2.46. The van der Waals surface area contributed by atoms with Gasteiger partial charge in [0.2, 0.25) is 0 Å². The summed E-state index contributed by atoms with van der Waals surface area (Å²) >= 11 is 1.63. The minimum atomic E-state index is -0.793. The zero-order chi connectivity index (χ0) is 15.8. The highest BCUT2D eigenvalue weighted by Crippen LogP contribution is 2.35. The van der Waals surface area contributed by atoms with Crippen molar-refractivity contribution in [1.29, 1.82) is 0 Å². The maximum atomic E-state index is 12.7. The second kappa shape index (κ2) is 5.79.